The molecule has 1 saturated carbocycles. The fourth-order valence-electron chi connectivity index (χ4n) is 3.10. The molecule has 0 heterocycles. The molecule has 2 aromatic rings. The molecule has 2 N–H and O–H groups in total. The molecule has 2 amide bonds. The maximum atomic E-state index is 12.6. The smallest absolute Gasteiger partial charge is 0.228 e. The number of aryl methyl sites for hydroxylation is 1. The number of rotatable bonds is 7. The molecule has 7 heteroatoms. The number of benzene rings is 2. The zero-order chi connectivity index (χ0) is 20.3. The molecule has 0 aliphatic heterocycles. The molecule has 2 atom stereocenters. The van der Waals surface area contributed by atoms with E-state index in [1.54, 1.807) is 12.1 Å². The van der Waals surface area contributed by atoms with E-state index in [0.717, 1.165) is 11.3 Å². The minimum atomic E-state index is -0.358. The number of amides is 2. The van der Waals surface area contributed by atoms with E-state index >= 15 is 0 Å². The monoisotopic (exact) mass is 384 g/mol. The van der Waals surface area contributed by atoms with Crippen LogP contribution >= 0.6 is 0 Å². The first-order chi connectivity index (χ1) is 13.5. The van der Waals surface area contributed by atoms with Gasteiger partial charge in [0.05, 0.1) is 33.2 Å². The standard InChI is InChI=1S/C21H24N2O5/c1-12-7-5-6-8-16(12)23-21(25)15-11-14(15)20(24)22-13-9-17(26-2)19(28-4)18(10-13)27-3/h5-10,14-15H,11H2,1-4H3,(H,22,24)(H,23,25). The van der Waals surface area contributed by atoms with E-state index in [2.05, 4.69) is 10.6 Å². The summed E-state index contributed by atoms with van der Waals surface area (Å²) in [5.41, 5.74) is 2.27. The highest BCUT2D eigenvalue weighted by Crippen LogP contribution is 2.43. The van der Waals surface area contributed by atoms with Crippen molar-refractivity contribution in [2.45, 2.75) is 13.3 Å². The van der Waals surface area contributed by atoms with E-state index in [0.29, 0.717) is 29.4 Å². The van der Waals surface area contributed by atoms with Crippen LogP contribution in [-0.4, -0.2) is 33.1 Å². The van der Waals surface area contributed by atoms with Crippen molar-refractivity contribution < 1.29 is 23.8 Å². The van der Waals surface area contributed by atoms with Crippen LogP contribution in [0.1, 0.15) is 12.0 Å². The molecule has 0 aromatic heterocycles. The van der Waals surface area contributed by atoms with Gasteiger partial charge in [0.2, 0.25) is 17.6 Å². The second kappa shape index (κ2) is 8.21. The minimum Gasteiger partial charge on any atom is -0.493 e. The summed E-state index contributed by atoms with van der Waals surface area (Å²) in [6, 6.07) is 10.9. The van der Waals surface area contributed by atoms with Crippen molar-refractivity contribution in [2.75, 3.05) is 32.0 Å². The molecule has 148 valence electrons. The zero-order valence-electron chi connectivity index (χ0n) is 16.4. The highest BCUT2D eigenvalue weighted by Gasteiger charge is 2.48. The van der Waals surface area contributed by atoms with E-state index in [1.807, 2.05) is 31.2 Å². The largest absolute Gasteiger partial charge is 0.493 e. The predicted octanol–water partition coefficient (Wildman–Crippen LogP) is 3.23. The molecular weight excluding hydrogens is 360 g/mol. The van der Waals surface area contributed by atoms with E-state index in [1.165, 1.54) is 21.3 Å². The Kier molecular flexibility index (Phi) is 5.73. The number of para-hydroxylation sites is 1. The maximum Gasteiger partial charge on any atom is 0.228 e. The lowest BCUT2D eigenvalue weighted by Gasteiger charge is -2.14. The van der Waals surface area contributed by atoms with Crippen LogP contribution in [0.15, 0.2) is 36.4 Å². The number of hydrogen-bond donors (Lipinski definition) is 2. The van der Waals surface area contributed by atoms with Gasteiger partial charge in [0.15, 0.2) is 11.5 Å². The Bertz CT molecular complexity index is 871. The number of carbonyl (C=O) groups excluding carboxylic acids is 2. The van der Waals surface area contributed by atoms with Crippen molar-refractivity contribution in [3.05, 3.63) is 42.0 Å². The summed E-state index contributed by atoms with van der Waals surface area (Å²) in [6.07, 6.45) is 0.522. The number of anilines is 2. The van der Waals surface area contributed by atoms with Gasteiger partial charge in [-0.05, 0) is 25.0 Å². The molecule has 0 saturated heterocycles. The molecular formula is C21H24N2O5. The average Bonchev–Trinajstić information content (AvgIpc) is 3.50. The van der Waals surface area contributed by atoms with Crippen molar-refractivity contribution in [3.8, 4) is 17.2 Å². The van der Waals surface area contributed by atoms with Crippen LogP contribution in [0.3, 0.4) is 0 Å². The van der Waals surface area contributed by atoms with Gasteiger partial charge in [-0.2, -0.15) is 0 Å². The Balaban J connectivity index is 1.65. The summed E-state index contributed by atoms with van der Waals surface area (Å²) in [5, 5.41) is 5.73. The van der Waals surface area contributed by atoms with Crippen LogP contribution in [0.2, 0.25) is 0 Å². The first-order valence-electron chi connectivity index (χ1n) is 8.95. The van der Waals surface area contributed by atoms with Crippen LogP contribution in [0.5, 0.6) is 17.2 Å². The van der Waals surface area contributed by atoms with Gasteiger partial charge in [-0.1, -0.05) is 18.2 Å². The Morgan fingerprint density at radius 2 is 1.46 bits per heavy atom. The summed E-state index contributed by atoms with van der Waals surface area (Å²) in [6.45, 7) is 1.93. The zero-order valence-corrected chi connectivity index (χ0v) is 16.4. The molecule has 1 aliphatic rings. The lowest BCUT2D eigenvalue weighted by molar-refractivity contribution is -0.122. The lowest BCUT2D eigenvalue weighted by atomic mass is 10.2. The van der Waals surface area contributed by atoms with Gasteiger partial charge < -0.3 is 24.8 Å². The number of hydrogen-bond acceptors (Lipinski definition) is 5. The number of methoxy groups -OCH3 is 3. The highest BCUT2D eigenvalue weighted by atomic mass is 16.5. The Hall–Kier alpha value is -3.22. The summed E-state index contributed by atoms with van der Waals surface area (Å²) >= 11 is 0. The Morgan fingerprint density at radius 3 is 2.00 bits per heavy atom. The molecule has 2 aromatic carbocycles. The van der Waals surface area contributed by atoms with E-state index in [9.17, 15) is 9.59 Å². The van der Waals surface area contributed by atoms with Crippen LogP contribution < -0.4 is 24.8 Å². The van der Waals surface area contributed by atoms with Crippen LogP contribution in [0.25, 0.3) is 0 Å². The van der Waals surface area contributed by atoms with Gasteiger partial charge in [-0.3, -0.25) is 9.59 Å². The number of ether oxygens (including phenoxy) is 3. The van der Waals surface area contributed by atoms with E-state index < -0.39 is 0 Å². The van der Waals surface area contributed by atoms with E-state index in [4.69, 9.17) is 14.2 Å². The molecule has 0 bridgehead atoms. The fourth-order valence-corrected chi connectivity index (χ4v) is 3.10. The summed E-state index contributed by atoms with van der Waals surface area (Å²) in [4.78, 5) is 25.0. The average molecular weight is 384 g/mol. The Labute approximate surface area is 164 Å². The Morgan fingerprint density at radius 1 is 0.893 bits per heavy atom. The molecule has 7 nitrogen and oxygen atoms in total. The number of nitrogens with one attached hydrogen (secondary N) is 2. The third-order valence-corrected chi connectivity index (χ3v) is 4.80. The quantitative estimate of drug-likeness (QED) is 0.765. The number of carbonyl (C=O) groups is 2. The summed E-state index contributed by atoms with van der Waals surface area (Å²) < 4.78 is 15.9. The van der Waals surface area contributed by atoms with Crippen molar-refractivity contribution in [3.63, 3.8) is 0 Å². The van der Waals surface area contributed by atoms with Crippen LogP contribution in [0, 0.1) is 18.8 Å². The predicted molar refractivity (Wildman–Crippen MR) is 106 cm³/mol. The van der Waals surface area contributed by atoms with Gasteiger partial charge in [0.1, 0.15) is 0 Å². The summed E-state index contributed by atoms with van der Waals surface area (Å²) in [5.74, 6) is 0.303. The first kappa shape index (κ1) is 19.5. The second-order valence-corrected chi connectivity index (χ2v) is 6.66. The molecule has 0 spiro atoms. The molecule has 1 fully saturated rings. The normalized spacial score (nSPS) is 17.4. The third-order valence-electron chi connectivity index (χ3n) is 4.80. The van der Waals surface area contributed by atoms with Gasteiger partial charge in [0.25, 0.3) is 0 Å². The van der Waals surface area contributed by atoms with Gasteiger partial charge in [-0.15, -0.1) is 0 Å². The summed E-state index contributed by atoms with van der Waals surface area (Å²) in [7, 11) is 4.53. The van der Waals surface area contributed by atoms with E-state index in [-0.39, 0.29) is 23.7 Å². The van der Waals surface area contributed by atoms with Crippen molar-refractivity contribution in [1.29, 1.82) is 0 Å². The van der Waals surface area contributed by atoms with Gasteiger partial charge in [-0.25, -0.2) is 0 Å². The van der Waals surface area contributed by atoms with Gasteiger partial charge in [0, 0.05) is 23.5 Å². The maximum absolute atomic E-state index is 12.6. The molecule has 3 rings (SSSR count). The molecule has 1 aliphatic carbocycles. The fraction of sp³-hybridized carbons (Fsp3) is 0.333. The second-order valence-electron chi connectivity index (χ2n) is 6.66. The third kappa shape index (κ3) is 4.03. The lowest BCUT2D eigenvalue weighted by Crippen LogP contribution is -2.21. The first-order valence-corrected chi connectivity index (χ1v) is 8.95. The molecule has 2 unspecified atom stereocenters. The van der Waals surface area contributed by atoms with Crippen molar-refractivity contribution in [1.82, 2.24) is 0 Å². The highest BCUT2D eigenvalue weighted by molar-refractivity contribution is 6.03. The van der Waals surface area contributed by atoms with Crippen molar-refractivity contribution >= 4 is 23.2 Å². The van der Waals surface area contributed by atoms with Gasteiger partial charge >= 0.3 is 0 Å². The topological polar surface area (TPSA) is 85.9 Å². The molecule has 0 radical (unpaired) electrons. The molecule has 28 heavy (non-hydrogen) atoms. The van der Waals surface area contributed by atoms with Crippen LogP contribution in [-0.2, 0) is 9.59 Å². The van der Waals surface area contributed by atoms with Crippen LogP contribution in [0.4, 0.5) is 11.4 Å². The van der Waals surface area contributed by atoms with Crippen molar-refractivity contribution in [2.24, 2.45) is 11.8 Å². The SMILES string of the molecule is COc1cc(NC(=O)C2CC2C(=O)Nc2ccccc2C)cc(OC)c1OC. The minimum absolute atomic E-state index is 0.139.